The highest BCUT2D eigenvalue weighted by atomic mass is 32.1. The molecule has 0 aliphatic carbocycles. The molecule has 1 aromatic carbocycles. The van der Waals surface area contributed by atoms with Crippen LogP contribution >= 0.6 is 22.7 Å². The number of thiazole rings is 1. The van der Waals surface area contributed by atoms with Crippen LogP contribution in [0, 0.1) is 0 Å². The van der Waals surface area contributed by atoms with E-state index in [-0.39, 0.29) is 11.8 Å². The van der Waals surface area contributed by atoms with Gasteiger partial charge < -0.3 is 5.32 Å². The van der Waals surface area contributed by atoms with Crippen LogP contribution < -0.4 is 5.32 Å². The first-order chi connectivity index (χ1) is 10.7. The summed E-state index contributed by atoms with van der Waals surface area (Å²) in [6, 6.07) is 14.1. The van der Waals surface area contributed by atoms with Crippen LogP contribution in [0.4, 0.5) is 5.13 Å². The van der Waals surface area contributed by atoms with E-state index in [1.165, 1.54) is 16.9 Å². The molecule has 0 saturated carbocycles. The molecule has 0 fully saturated rings. The zero-order valence-corrected chi connectivity index (χ0v) is 13.8. The monoisotopic (exact) mass is 328 g/mol. The molecule has 1 amide bonds. The van der Waals surface area contributed by atoms with Crippen molar-refractivity contribution >= 4 is 33.7 Å². The Morgan fingerprint density at radius 2 is 2.00 bits per heavy atom. The van der Waals surface area contributed by atoms with E-state index in [4.69, 9.17) is 0 Å². The Kier molecular flexibility index (Phi) is 4.65. The van der Waals surface area contributed by atoms with E-state index in [1.54, 1.807) is 11.3 Å². The average molecular weight is 328 g/mol. The van der Waals surface area contributed by atoms with E-state index in [1.807, 2.05) is 41.1 Å². The number of nitrogens with zero attached hydrogens (tertiary/aromatic N) is 1. The number of carbonyl (C=O) groups excluding carboxylic acids is 1. The predicted molar refractivity (Wildman–Crippen MR) is 93.5 cm³/mol. The third kappa shape index (κ3) is 3.61. The van der Waals surface area contributed by atoms with Crippen LogP contribution in [0.25, 0.3) is 10.6 Å². The third-order valence-electron chi connectivity index (χ3n) is 3.38. The molecule has 112 valence electrons. The summed E-state index contributed by atoms with van der Waals surface area (Å²) in [5.41, 5.74) is 2.10. The second kappa shape index (κ2) is 6.85. The molecule has 0 unspecified atom stereocenters. The number of rotatable bonds is 5. The number of aromatic nitrogens is 1. The Bertz CT molecular complexity index is 735. The van der Waals surface area contributed by atoms with Crippen molar-refractivity contribution in [3.63, 3.8) is 0 Å². The van der Waals surface area contributed by atoms with Crippen LogP contribution in [0.5, 0.6) is 0 Å². The van der Waals surface area contributed by atoms with Crippen molar-refractivity contribution in [2.24, 2.45) is 0 Å². The second-order valence-electron chi connectivity index (χ2n) is 5.08. The molecule has 22 heavy (non-hydrogen) atoms. The van der Waals surface area contributed by atoms with E-state index in [0.717, 1.165) is 10.6 Å². The fourth-order valence-electron chi connectivity index (χ4n) is 2.22. The highest BCUT2D eigenvalue weighted by Crippen LogP contribution is 2.28. The van der Waals surface area contributed by atoms with Crippen molar-refractivity contribution in [3.8, 4) is 10.6 Å². The summed E-state index contributed by atoms with van der Waals surface area (Å²) in [5, 5.41) is 7.56. The predicted octanol–water partition coefficient (Wildman–Crippen LogP) is 5.00. The van der Waals surface area contributed by atoms with E-state index >= 15 is 0 Å². The van der Waals surface area contributed by atoms with Crippen molar-refractivity contribution < 1.29 is 4.79 Å². The minimum atomic E-state index is 0.00318. The highest BCUT2D eigenvalue weighted by Gasteiger charge is 2.13. The van der Waals surface area contributed by atoms with E-state index in [0.29, 0.717) is 11.6 Å². The summed E-state index contributed by atoms with van der Waals surface area (Å²) in [5.74, 6) is 0.196. The summed E-state index contributed by atoms with van der Waals surface area (Å²) in [4.78, 5) is 17.7. The smallest absolute Gasteiger partial charge is 0.226 e. The van der Waals surface area contributed by atoms with Crippen molar-refractivity contribution in [2.45, 2.75) is 19.3 Å². The van der Waals surface area contributed by atoms with Crippen LogP contribution in [-0.2, 0) is 4.79 Å². The number of hydrogen-bond donors (Lipinski definition) is 1. The Hall–Kier alpha value is -1.98. The number of hydrogen-bond acceptors (Lipinski definition) is 4. The van der Waals surface area contributed by atoms with Gasteiger partial charge in [-0.15, -0.1) is 22.7 Å². The Balaban J connectivity index is 1.60. The molecular formula is C17H16N2OS2. The molecule has 0 aliphatic heterocycles. The lowest BCUT2D eigenvalue weighted by Crippen LogP contribution is -2.14. The Labute approximate surface area is 137 Å². The lowest BCUT2D eigenvalue weighted by atomic mass is 9.98. The second-order valence-corrected chi connectivity index (χ2v) is 6.89. The van der Waals surface area contributed by atoms with Gasteiger partial charge in [0, 0.05) is 11.8 Å². The summed E-state index contributed by atoms with van der Waals surface area (Å²) >= 11 is 3.11. The maximum atomic E-state index is 12.2. The van der Waals surface area contributed by atoms with E-state index < -0.39 is 0 Å². The zero-order valence-electron chi connectivity index (χ0n) is 12.2. The molecule has 2 heterocycles. The van der Waals surface area contributed by atoms with Crippen molar-refractivity contribution in [1.82, 2.24) is 4.98 Å². The van der Waals surface area contributed by atoms with Gasteiger partial charge in [0.25, 0.3) is 0 Å². The van der Waals surface area contributed by atoms with Crippen LogP contribution in [0.15, 0.2) is 53.2 Å². The Morgan fingerprint density at radius 3 is 2.73 bits per heavy atom. The van der Waals surface area contributed by atoms with E-state index in [2.05, 4.69) is 29.4 Å². The van der Waals surface area contributed by atoms with Crippen LogP contribution in [0.2, 0.25) is 0 Å². The van der Waals surface area contributed by atoms with Gasteiger partial charge in [-0.05, 0) is 22.9 Å². The van der Waals surface area contributed by atoms with Crippen LogP contribution in [0.3, 0.4) is 0 Å². The van der Waals surface area contributed by atoms with Crippen molar-refractivity contribution in [3.05, 3.63) is 58.8 Å². The van der Waals surface area contributed by atoms with Gasteiger partial charge in [0.2, 0.25) is 5.91 Å². The third-order valence-corrected chi connectivity index (χ3v) is 5.03. The first-order valence-electron chi connectivity index (χ1n) is 7.06. The van der Waals surface area contributed by atoms with Crippen LogP contribution in [0.1, 0.15) is 24.8 Å². The molecule has 1 N–H and O–H groups in total. The molecule has 0 saturated heterocycles. The minimum Gasteiger partial charge on any atom is -0.302 e. The molecule has 0 bridgehead atoms. The average Bonchev–Trinajstić information content (AvgIpc) is 3.19. The summed E-state index contributed by atoms with van der Waals surface area (Å²) in [6.45, 7) is 2.06. The summed E-state index contributed by atoms with van der Waals surface area (Å²) < 4.78 is 0. The lowest BCUT2D eigenvalue weighted by molar-refractivity contribution is -0.116. The first kappa shape index (κ1) is 14.9. The van der Waals surface area contributed by atoms with Gasteiger partial charge in [0.15, 0.2) is 5.13 Å². The molecule has 1 atom stereocenters. The molecule has 0 spiro atoms. The number of benzene rings is 1. The standard InChI is InChI=1S/C17H16N2OS2/c1-12(13-6-3-2-4-7-13)10-16(20)19-17-18-14(11-22-17)15-8-5-9-21-15/h2-9,11-12H,10H2,1H3,(H,18,19,20)/t12-/m1/s1. The summed E-state index contributed by atoms with van der Waals surface area (Å²) in [6.07, 6.45) is 0.456. The van der Waals surface area contributed by atoms with Crippen molar-refractivity contribution in [1.29, 1.82) is 0 Å². The van der Waals surface area contributed by atoms with Gasteiger partial charge in [-0.25, -0.2) is 4.98 Å². The fourth-order valence-corrected chi connectivity index (χ4v) is 3.70. The molecular weight excluding hydrogens is 312 g/mol. The van der Waals surface area contributed by atoms with Crippen LogP contribution in [-0.4, -0.2) is 10.9 Å². The van der Waals surface area contributed by atoms with Gasteiger partial charge in [-0.1, -0.05) is 43.3 Å². The number of nitrogens with one attached hydrogen (secondary N) is 1. The van der Waals surface area contributed by atoms with Gasteiger partial charge in [-0.2, -0.15) is 0 Å². The van der Waals surface area contributed by atoms with Gasteiger partial charge in [0.05, 0.1) is 10.6 Å². The molecule has 3 rings (SSSR count). The van der Waals surface area contributed by atoms with Gasteiger partial charge >= 0.3 is 0 Å². The summed E-state index contributed by atoms with van der Waals surface area (Å²) in [7, 11) is 0. The normalized spacial score (nSPS) is 12.0. The molecule has 0 aliphatic rings. The molecule has 3 nitrogen and oxygen atoms in total. The first-order valence-corrected chi connectivity index (χ1v) is 8.82. The van der Waals surface area contributed by atoms with Gasteiger partial charge in [-0.3, -0.25) is 4.79 Å². The number of anilines is 1. The molecule has 2 aromatic heterocycles. The number of amides is 1. The maximum absolute atomic E-state index is 12.2. The topological polar surface area (TPSA) is 42.0 Å². The lowest BCUT2D eigenvalue weighted by Gasteiger charge is -2.10. The van der Waals surface area contributed by atoms with Gasteiger partial charge in [0.1, 0.15) is 0 Å². The number of thiophene rings is 1. The Morgan fingerprint density at radius 1 is 1.18 bits per heavy atom. The fraction of sp³-hybridized carbons (Fsp3) is 0.176. The number of carbonyl (C=O) groups is 1. The zero-order chi connectivity index (χ0) is 15.4. The molecule has 3 aromatic rings. The van der Waals surface area contributed by atoms with Crippen molar-refractivity contribution in [2.75, 3.05) is 5.32 Å². The molecule has 5 heteroatoms. The quantitative estimate of drug-likeness (QED) is 0.716. The maximum Gasteiger partial charge on any atom is 0.226 e. The SMILES string of the molecule is C[C@H](CC(=O)Nc1nc(-c2cccs2)cs1)c1ccccc1. The minimum absolute atomic E-state index is 0.00318. The van der Waals surface area contributed by atoms with E-state index in [9.17, 15) is 4.79 Å². The highest BCUT2D eigenvalue weighted by molar-refractivity contribution is 7.16. The molecule has 0 radical (unpaired) electrons. The largest absolute Gasteiger partial charge is 0.302 e.